The lowest BCUT2D eigenvalue weighted by Crippen LogP contribution is -2.19. The van der Waals surface area contributed by atoms with Crippen molar-refractivity contribution in [2.45, 2.75) is 38.3 Å². The smallest absolute Gasteiger partial charge is 0.0991 e. The van der Waals surface area contributed by atoms with Crippen LogP contribution in [0.2, 0.25) is 0 Å². The number of nitrogens with one attached hydrogen (secondary N) is 1. The van der Waals surface area contributed by atoms with Crippen molar-refractivity contribution in [3.8, 4) is 6.07 Å². The molecule has 0 spiro atoms. The van der Waals surface area contributed by atoms with Crippen LogP contribution in [0.4, 0.5) is 0 Å². The first-order valence-corrected chi connectivity index (χ1v) is 9.12. The fourth-order valence-electron chi connectivity index (χ4n) is 3.51. The topological polar surface area (TPSA) is 40.8 Å². The first-order valence-electron chi connectivity index (χ1n) is 9.12. The molecule has 4 rings (SSSR count). The van der Waals surface area contributed by atoms with E-state index in [4.69, 9.17) is 0 Å². The summed E-state index contributed by atoms with van der Waals surface area (Å²) in [6.07, 6.45) is 7.09. The zero-order valence-corrected chi connectivity index (χ0v) is 14.4. The van der Waals surface area contributed by atoms with Gasteiger partial charge in [-0.3, -0.25) is 5.32 Å². The van der Waals surface area contributed by atoms with Gasteiger partial charge in [-0.1, -0.05) is 30.3 Å². The summed E-state index contributed by atoms with van der Waals surface area (Å²) in [7, 11) is 0. The third-order valence-corrected chi connectivity index (χ3v) is 5.00. The van der Waals surface area contributed by atoms with Gasteiger partial charge in [0.25, 0.3) is 0 Å². The highest BCUT2D eigenvalue weighted by molar-refractivity contribution is 5.86. The summed E-state index contributed by atoms with van der Waals surface area (Å²) < 4.78 is 2.30. The number of hydrogen-bond acceptors (Lipinski definition) is 2. The van der Waals surface area contributed by atoms with Crippen molar-refractivity contribution in [1.82, 2.24) is 9.88 Å². The van der Waals surface area contributed by atoms with Crippen LogP contribution in [-0.2, 0) is 13.1 Å². The molecule has 1 aromatic heterocycles. The normalized spacial score (nSPS) is 13.9. The molecular formula is C22H23N3. The summed E-state index contributed by atoms with van der Waals surface area (Å²) in [5.41, 5.74) is 4.80. The molecule has 3 heteroatoms. The predicted octanol–water partition coefficient (Wildman–Crippen LogP) is 4.57. The number of benzene rings is 2. The molecule has 0 aliphatic heterocycles. The second kappa shape index (κ2) is 7.13. The molecule has 25 heavy (non-hydrogen) atoms. The molecule has 3 nitrogen and oxygen atoms in total. The Morgan fingerprint density at radius 3 is 2.72 bits per heavy atom. The zero-order valence-electron chi connectivity index (χ0n) is 14.4. The van der Waals surface area contributed by atoms with Crippen LogP contribution in [0.15, 0.2) is 54.7 Å². The van der Waals surface area contributed by atoms with E-state index in [0.29, 0.717) is 5.92 Å². The van der Waals surface area contributed by atoms with E-state index in [1.807, 2.05) is 6.07 Å². The fourth-order valence-corrected chi connectivity index (χ4v) is 3.51. The minimum atomic E-state index is 0.691. The van der Waals surface area contributed by atoms with Gasteiger partial charge in [-0.2, -0.15) is 5.26 Å². The van der Waals surface area contributed by atoms with Crippen molar-refractivity contribution in [2.24, 2.45) is 0 Å². The summed E-state index contributed by atoms with van der Waals surface area (Å²) in [5, 5.41) is 14.0. The summed E-state index contributed by atoms with van der Waals surface area (Å²) in [4.78, 5) is 0. The number of aromatic nitrogens is 1. The van der Waals surface area contributed by atoms with Gasteiger partial charge in [0.1, 0.15) is 0 Å². The Kier molecular flexibility index (Phi) is 4.54. The molecule has 1 aliphatic rings. The van der Waals surface area contributed by atoms with Crippen molar-refractivity contribution < 1.29 is 0 Å². The minimum absolute atomic E-state index is 0.691. The first-order chi connectivity index (χ1) is 12.3. The molecule has 0 saturated heterocycles. The van der Waals surface area contributed by atoms with Gasteiger partial charge in [0.05, 0.1) is 18.3 Å². The van der Waals surface area contributed by atoms with Crippen LogP contribution in [0.25, 0.3) is 10.9 Å². The van der Waals surface area contributed by atoms with Gasteiger partial charge in [0.15, 0.2) is 0 Å². The van der Waals surface area contributed by atoms with Gasteiger partial charge < -0.3 is 4.57 Å². The lowest BCUT2D eigenvalue weighted by atomic mass is 10.1. The van der Waals surface area contributed by atoms with E-state index in [2.05, 4.69) is 64.6 Å². The molecule has 2 aromatic carbocycles. The molecule has 1 heterocycles. The largest absolute Gasteiger partial charge is 0.334 e. The van der Waals surface area contributed by atoms with Crippen molar-refractivity contribution >= 4 is 10.9 Å². The molecule has 0 amide bonds. The van der Waals surface area contributed by atoms with Crippen LogP contribution in [-0.4, -0.2) is 11.1 Å². The van der Waals surface area contributed by atoms with Crippen LogP contribution in [0.3, 0.4) is 0 Å². The van der Waals surface area contributed by atoms with Crippen molar-refractivity contribution in [3.05, 3.63) is 71.4 Å². The average molecular weight is 329 g/mol. The highest BCUT2D eigenvalue weighted by atomic mass is 15.1. The van der Waals surface area contributed by atoms with Gasteiger partial charge in [-0.25, -0.2) is 0 Å². The van der Waals surface area contributed by atoms with Crippen LogP contribution in [0.5, 0.6) is 0 Å². The highest BCUT2D eigenvalue weighted by Gasteiger charge is 2.27. The van der Waals surface area contributed by atoms with Gasteiger partial charge in [0, 0.05) is 17.1 Å². The third-order valence-electron chi connectivity index (χ3n) is 5.00. The molecule has 0 radical (unpaired) electrons. The number of fused-ring (bicyclic) bond motifs is 1. The van der Waals surface area contributed by atoms with Crippen LogP contribution in [0, 0.1) is 11.3 Å². The Bertz CT molecular complexity index is 898. The van der Waals surface area contributed by atoms with Crippen molar-refractivity contribution in [3.63, 3.8) is 0 Å². The number of aryl methyl sites for hydroxylation is 1. The second-order valence-corrected chi connectivity index (χ2v) is 6.92. The molecular weight excluding hydrogens is 306 g/mol. The van der Waals surface area contributed by atoms with E-state index in [-0.39, 0.29) is 0 Å². The van der Waals surface area contributed by atoms with E-state index >= 15 is 0 Å². The van der Waals surface area contributed by atoms with E-state index < -0.39 is 0 Å². The monoisotopic (exact) mass is 329 g/mol. The van der Waals surface area contributed by atoms with Gasteiger partial charge in [-0.05, 0) is 67.5 Å². The number of rotatable bonds is 7. The maximum atomic E-state index is 9.17. The maximum Gasteiger partial charge on any atom is 0.0991 e. The number of hydrogen-bond donors (Lipinski definition) is 1. The Morgan fingerprint density at radius 2 is 1.96 bits per heavy atom. The Morgan fingerprint density at radius 1 is 1.12 bits per heavy atom. The molecule has 1 N–H and O–H groups in total. The van der Waals surface area contributed by atoms with E-state index in [1.165, 1.54) is 34.9 Å². The zero-order chi connectivity index (χ0) is 17.1. The summed E-state index contributed by atoms with van der Waals surface area (Å²) >= 11 is 0. The molecule has 126 valence electrons. The van der Waals surface area contributed by atoms with Crippen LogP contribution >= 0.6 is 0 Å². The summed E-state index contributed by atoms with van der Waals surface area (Å²) in [5.74, 6) is 0.691. The average Bonchev–Trinajstić information content (AvgIpc) is 3.44. The van der Waals surface area contributed by atoms with Gasteiger partial charge in [-0.15, -0.1) is 0 Å². The van der Waals surface area contributed by atoms with Gasteiger partial charge in [0.2, 0.25) is 0 Å². The molecule has 0 bridgehead atoms. The van der Waals surface area contributed by atoms with E-state index in [1.54, 1.807) is 0 Å². The fraction of sp³-hybridized carbons (Fsp3) is 0.318. The Hall–Kier alpha value is -2.57. The third kappa shape index (κ3) is 3.60. The molecule has 0 atom stereocenters. The second-order valence-electron chi connectivity index (χ2n) is 6.92. The summed E-state index contributed by atoms with van der Waals surface area (Å²) in [6.45, 7) is 1.83. The highest BCUT2D eigenvalue weighted by Crippen LogP contribution is 2.44. The summed E-state index contributed by atoms with van der Waals surface area (Å²) in [6, 6.07) is 19.0. The quantitative estimate of drug-likeness (QED) is 0.645. The van der Waals surface area contributed by atoms with Gasteiger partial charge >= 0.3 is 0 Å². The van der Waals surface area contributed by atoms with Crippen LogP contribution in [0.1, 0.15) is 41.9 Å². The SMILES string of the molecule is N#Cc1ccc2c(c1)c(C1CC1)cn2CNCCCc1ccccc1. The first kappa shape index (κ1) is 15.9. The Balaban J connectivity index is 1.40. The standard InChI is InChI=1S/C22H23N3/c23-14-18-8-11-22-20(13-18)21(19-9-10-19)15-25(22)16-24-12-4-7-17-5-2-1-3-6-17/h1-3,5-6,8,11,13,15,19,24H,4,7,9-10,12,16H2. The lowest BCUT2D eigenvalue weighted by molar-refractivity contribution is 0.556. The molecule has 0 unspecified atom stereocenters. The van der Waals surface area contributed by atoms with E-state index in [9.17, 15) is 5.26 Å². The lowest BCUT2D eigenvalue weighted by Gasteiger charge is -2.08. The number of nitriles is 1. The molecule has 1 aliphatic carbocycles. The van der Waals surface area contributed by atoms with Crippen LogP contribution < -0.4 is 5.32 Å². The molecule has 1 saturated carbocycles. The minimum Gasteiger partial charge on any atom is -0.334 e. The predicted molar refractivity (Wildman–Crippen MR) is 101 cm³/mol. The Labute approximate surface area is 148 Å². The maximum absolute atomic E-state index is 9.17. The van der Waals surface area contributed by atoms with Crippen molar-refractivity contribution in [2.75, 3.05) is 6.54 Å². The number of nitrogens with zero attached hydrogens (tertiary/aromatic N) is 2. The molecule has 3 aromatic rings. The van der Waals surface area contributed by atoms with Crippen molar-refractivity contribution in [1.29, 1.82) is 5.26 Å². The van der Waals surface area contributed by atoms with E-state index in [0.717, 1.165) is 31.6 Å². The molecule has 1 fully saturated rings.